The first-order chi connectivity index (χ1) is 13.4. The number of aryl methyl sites for hydroxylation is 1. The van der Waals surface area contributed by atoms with Gasteiger partial charge in [-0.3, -0.25) is 9.67 Å². The van der Waals surface area contributed by atoms with Crippen molar-refractivity contribution < 1.29 is 13.2 Å². The van der Waals surface area contributed by atoms with Gasteiger partial charge in [0.1, 0.15) is 23.7 Å². The zero-order chi connectivity index (χ0) is 19.7. The van der Waals surface area contributed by atoms with E-state index in [1.807, 2.05) is 18.1 Å². The fraction of sp³-hybridized carbons (Fsp3) is 0.353. The minimum absolute atomic E-state index is 0.275. The quantitative estimate of drug-likeness (QED) is 0.677. The van der Waals surface area contributed by atoms with Crippen molar-refractivity contribution in [2.45, 2.75) is 6.18 Å². The van der Waals surface area contributed by atoms with Crippen molar-refractivity contribution in [3.63, 3.8) is 0 Å². The molecule has 11 heteroatoms. The summed E-state index contributed by atoms with van der Waals surface area (Å²) in [5.41, 5.74) is 0.657. The van der Waals surface area contributed by atoms with Gasteiger partial charge in [0.05, 0.1) is 24.3 Å². The van der Waals surface area contributed by atoms with E-state index >= 15 is 0 Å². The Balaban J connectivity index is 1.46. The van der Waals surface area contributed by atoms with Gasteiger partial charge in [0, 0.05) is 51.1 Å². The number of anilines is 2. The molecule has 0 radical (unpaired) electrons. The highest BCUT2D eigenvalue weighted by Gasteiger charge is 2.33. The zero-order valence-electron chi connectivity index (χ0n) is 15.0. The normalized spacial score (nSPS) is 15.1. The Bertz CT molecular complexity index is 963. The average molecular weight is 390 g/mol. The molecule has 0 bridgehead atoms. The lowest BCUT2D eigenvalue weighted by atomic mass is 10.2. The summed E-state index contributed by atoms with van der Waals surface area (Å²) in [4.78, 5) is 20.1. The van der Waals surface area contributed by atoms with Crippen LogP contribution in [-0.4, -0.2) is 55.9 Å². The number of alkyl halides is 3. The Labute approximate surface area is 158 Å². The van der Waals surface area contributed by atoms with Gasteiger partial charge < -0.3 is 9.80 Å². The van der Waals surface area contributed by atoms with Crippen molar-refractivity contribution in [2.24, 2.45) is 7.05 Å². The fourth-order valence-electron chi connectivity index (χ4n) is 3.04. The molecule has 3 aromatic heterocycles. The Hall–Kier alpha value is -3.24. The number of nitrogens with zero attached hydrogens (tertiary/aromatic N) is 8. The van der Waals surface area contributed by atoms with Crippen molar-refractivity contribution in [3.05, 3.63) is 42.9 Å². The standard InChI is InChI=1S/C17H17F3N8/c1-26-10-12(7-24-26)13-8-21-9-16(25-13)28-4-2-27(3-5-28)15-6-14(17(18,19)20)22-11-23-15/h6-11H,2-5H2,1H3. The smallest absolute Gasteiger partial charge is 0.353 e. The molecule has 1 aliphatic heterocycles. The number of aromatic nitrogens is 6. The second-order valence-electron chi connectivity index (χ2n) is 6.40. The van der Waals surface area contributed by atoms with Crippen LogP contribution >= 0.6 is 0 Å². The number of hydrogen-bond acceptors (Lipinski definition) is 7. The molecule has 8 nitrogen and oxygen atoms in total. The minimum atomic E-state index is -4.48. The first-order valence-corrected chi connectivity index (χ1v) is 8.60. The highest BCUT2D eigenvalue weighted by molar-refractivity contribution is 5.58. The lowest BCUT2D eigenvalue weighted by molar-refractivity contribution is -0.141. The van der Waals surface area contributed by atoms with E-state index in [1.54, 1.807) is 23.3 Å². The molecule has 0 unspecified atom stereocenters. The molecule has 4 rings (SSSR count). The summed E-state index contributed by atoms with van der Waals surface area (Å²) in [6.07, 6.45) is 3.41. The molecule has 146 valence electrons. The van der Waals surface area contributed by atoms with Crippen molar-refractivity contribution in [1.82, 2.24) is 29.7 Å². The van der Waals surface area contributed by atoms with Crippen LogP contribution < -0.4 is 9.80 Å². The number of halogens is 3. The summed E-state index contributed by atoms with van der Waals surface area (Å²) in [6.45, 7) is 2.23. The van der Waals surface area contributed by atoms with Gasteiger partial charge in [0.2, 0.25) is 0 Å². The molecule has 0 aliphatic carbocycles. The van der Waals surface area contributed by atoms with Crippen LogP contribution in [0.5, 0.6) is 0 Å². The predicted molar refractivity (Wildman–Crippen MR) is 95.7 cm³/mol. The molecule has 1 fully saturated rings. The Kier molecular flexibility index (Phi) is 4.57. The van der Waals surface area contributed by atoms with Gasteiger partial charge in [-0.05, 0) is 0 Å². The minimum Gasteiger partial charge on any atom is -0.353 e. The maximum absolute atomic E-state index is 12.9. The molecular formula is C17H17F3N8. The van der Waals surface area contributed by atoms with Crippen LogP contribution in [-0.2, 0) is 13.2 Å². The summed E-state index contributed by atoms with van der Waals surface area (Å²) in [6, 6.07) is 0.985. The third kappa shape index (κ3) is 3.73. The van der Waals surface area contributed by atoms with E-state index in [0.717, 1.165) is 29.5 Å². The number of hydrogen-bond donors (Lipinski definition) is 0. The van der Waals surface area contributed by atoms with Gasteiger partial charge in [0.25, 0.3) is 0 Å². The molecule has 1 aliphatic rings. The van der Waals surface area contributed by atoms with Gasteiger partial charge in [-0.15, -0.1) is 0 Å². The molecule has 4 heterocycles. The number of rotatable bonds is 3. The van der Waals surface area contributed by atoms with Crippen molar-refractivity contribution in [2.75, 3.05) is 36.0 Å². The first-order valence-electron chi connectivity index (χ1n) is 8.60. The van der Waals surface area contributed by atoms with Crippen LogP contribution in [0.15, 0.2) is 37.2 Å². The van der Waals surface area contributed by atoms with E-state index in [4.69, 9.17) is 0 Å². The van der Waals surface area contributed by atoms with Crippen LogP contribution in [0.1, 0.15) is 5.69 Å². The molecule has 0 amide bonds. The lowest BCUT2D eigenvalue weighted by Gasteiger charge is -2.36. The van der Waals surface area contributed by atoms with Crippen molar-refractivity contribution >= 4 is 11.6 Å². The number of piperazine rings is 1. The van der Waals surface area contributed by atoms with E-state index in [0.29, 0.717) is 26.2 Å². The summed E-state index contributed by atoms with van der Waals surface area (Å²) >= 11 is 0. The molecule has 0 saturated carbocycles. The average Bonchev–Trinajstić information content (AvgIpc) is 3.14. The van der Waals surface area contributed by atoms with Gasteiger partial charge in [0.15, 0.2) is 0 Å². The third-order valence-corrected chi connectivity index (χ3v) is 4.49. The van der Waals surface area contributed by atoms with Crippen molar-refractivity contribution in [1.29, 1.82) is 0 Å². The molecule has 0 atom stereocenters. The second kappa shape index (κ2) is 7.06. The van der Waals surface area contributed by atoms with E-state index in [2.05, 4.69) is 29.9 Å². The molecule has 0 aromatic carbocycles. The highest BCUT2D eigenvalue weighted by atomic mass is 19.4. The van der Waals surface area contributed by atoms with Gasteiger partial charge in [-0.2, -0.15) is 18.3 Å². The molecule has 0 spiro atoms. The maximum atomic E-state index is 12.9. The summed E-state index contributed by atoms with van der Waals surface area (Å²) in [5, 5.41) is 4.14. The Morgan fingerprint density at radius 3 is 2.29 bits per heavy atom. The third-order valence-electron chi connectivity index (χ3n) is 4.49. The molecular weight excluding hydrogens is 373 g/mol. The molecule has 1 saturated heterocycles. The van der Waals surface area contributed by atoms with Crippen LogP contribution in [0.2, 0.25) is 0 Å². The van der Waals surface area contributed by atoms with E-state index in [9.17, 15) is 13.2 Å². The van der Waals surface area contributed by atoms with Crippen LogP contribution in [0.3, 0.4) is 0 Å². The molecule has 0 N–H and O–H groups in total. The topological polar surface area (TPSA) is 75.9 Å². The highest BCUT2D eigenvalue weighted by Crippen LogP contribution is 2.29. The van der Waals surface area contributed by atoms with E-state index in [-0.39, 0.29) is 5.82 Å². The largest absolute Gasteiger partial charge is 0.433 e. The second-order valence-corrected chi connectivity index (χ2v) is 6.40. The maximum Gasteiger partial charge on any atom is 0.433 e. The molecule has 3 aromatic rings. The van der Waals surface area contributed by atoms with Gasteiger partial charge >= 0.3 is 6.18 Å². The zero-order valence-corrected chi connectivity index (χ0v) is 15.0. The van der Waals surface area contributed by atoms with Crippen molar-refractivity contribution in [3.8, 4) is 11.3 Å². The molecule has 28 heavy (non-hydrogen) atoms. The summed E-state index contributed by atoms with van der Waals surface area (Å²) < 4.78 is 40.3. The lowest BCUT2D eigenvalue weighted by Crippen LogP contribution is -2.47. The first kappa shape index (κ1) is 18.1. The summed E-state index contributed by atoms with van der Waals surface area (Å²) in [7, 11) is 1.83. The predicted octanol–water partition coefficient (Wildman–Crippen LogP) is 2.01. The SMILES string of the molecule is Cn1cc(-c2cncc(N3CCN(c4cc(C(F)(F)F)ncn4)CC3)n2)cn1. The monoisotopic (exact) mass is 390 g/mol. The Morgan fingerprint density at radius 2 is 1.64 bits per heavy atom. The van der Waals surface area contributed by atoms with E-state index < -0.39 is 11.9 Å². The van der Waals surface area contributed by atoms with E-state index in [1.165, 1.54) is 0 Å². The van der Waals surface area contributed by atoms with Crippen LogP contribution in [0, 0.1) is 0 Å². The van der Waals surface area contributed by atoms with Gasteiger partial charge in [-0.1, -0.05) is 0 Å². The van der Waals surface area contributed by atoms with Crippen LogP contribution in [0.4, 0.5) is 24.8 Å². The summed E-state index contributed by atoms with van der Waals surface area (Å²) in [5.74, 6) is 0.997. The van der Waals surface area contributed by atoms with Crippen LogP contribution in [0.25, 0.3) is 11.3 Å². The van der Waals surface area contributed by atoms with Gasteiger partial charge in [-0.25, -0.2) is 15.0 Å². The fourth-order valence-corrected chi connectivity index (χ4v) is 3.04. The Morgan fingerprint density at radius 1 is 0.929 bits per heavy atom.